The molecule has 0 bridgehead atoms. The third-order valence-corrected chi connectivity index (χ3v) is 5.85. The molecule has 9 heteroatoms. The molecule has 4 rings (SSSR count). The molecule has 4 amide bonds. The highest BCUT2D eigenvalue weighted by Crippen LogP contribution is 2.36. The summed E-state index contributed by atoms with van der Waals surface area (Å²) in [6, 6.07) is 6.48. The molecule has 2 aromatic rings. The van der Waals surface area contributed by atoms with Crippen LogP contribution in [0.2, 0.25) is 0 Å². The Balaban J connectivity index is 1.50. The largest absolute Gasteiger partial charge is 0.486 e. The number of nitrogens with zero attached hydrogens (tertiary/aromatic N) is 2. The molecule has 1 aromatic heterocycles. The van der Waals surface area contributed by atoms with Crippen molar-refractivity contribution >= 4 is 29.2 Å². The van der Waals surface area contributed by atoms with Gasteiger partial charge >= 0.3 is 6.03 Å². The van der Waals surface area contributed by atoms with E-state index in [1.54, 1.807) is 43.5 Å². The molecule has 0 radical (unpaired) electrons. The number of benzene rings is 1. The maximum Gasteiger partial charge on any atom is 0.325 e. The van der Waals surface area contributed by atoms with Gasteiger partial charge in [0, 0.05) is 13.6 Å². The van der Waals surface area contributed by atoms with Gasteiger partial charge in [0.05, 0.1) is 0 Å². The number of hydrogen-bond acceptors (Lipinski definition) is 6. The normalized spacial score (nSPS) is 20.6. The first-order valence-electron chi connectivity index (χ1n) is 9.18. The van der Waals surface area contributed by atoms with Gasteiger partial charge in [-0.2, -0.15) is 11.3 Å². The molecule has 0 spiro atoms. The lowest BCUT2D eigenvalue weighted by atomic mass is 9.91. The van der Waals surface area contributed by atoms with Crippen LogP contribution in [0.4, 0.5) is 4.79 Å². The third-order valence-electron chi connectivity index (χ3n) is 5.11. The van der Waals surface area contributed by atoms with E-state index in [9.17, 15) is 14.4 Å². The monoisotopic (exact) mass is 415 g/mol. The molecule has 152 valence electrons. The molecule has 0 saturated carbocycles. The topological polar surface area (TPSA) is 88.2 Å². The van der Waals surface area contributed by atoms with Gasteiger partial charge in [-0.15, -0.1) is 0 Å². The fourth-order valence-electron chi connectivity index (χ4n) is 3.39. The van der Waals surface area contributed by atoms with Gasteiger partial charge in [-0.3, -0.25) is 14.5 Å². The van der Waals surface area contributed by atoms with E-state index in [-0.39, 0.29) is 12.5 Å². The number of carbonyl (C=O) groups excluding carboxylic acids is 3. The van der Waals surface area contributed by atoms with Crippen LogP contribution in [0, 0.1) is 0 Å². The van der Waals surface area contributed by atoms with Gasteiger partial charge in [0.1, 0.15) is 25.3 Å². The molecule has 8 nitrogen and oxygen atoms in total. The van der Waals surface area contributed by atoms with E-state index < -0.39 is 17.5 Å². The number of fused-ring (bicyclic) bond motifs is 1. The number of carbonyl (C=O) groups is 3. The zero-order valence-corrected chi connectivity index (χ0v) is 17.0. The SMILES string of the molecule is CN(Cc1ccsc1)C(=O)CN1C(=O)N[C@@](C)(c2ccc3c(c2)OCCO3)C1=O. The number of urea groups is 1. The van der Waals surface area contributed by atoms with Gasteiger partial charge in [0.2, 0.25) is 5.91 Å². The van der Waals surface area contributed by atoms with Crippen LogP contribution in [0.3, 0.4) is 0 Å². The summed E-state index contributed by atoms with van der Waals surface area (Å²) in [6.07, 6.45) is 0. The van der Waals surface area contributed by atoms with Crippen molar-refractivity contribution in [1.82, 2.24) is 15.1 Å². The molecule has 1 N–H and O–H groups in total. The standard InChI is InChI=1S/C20H21N3O5S/c1-20(14-3-4-15-16(9-14)28-7-6-27-15)18(25)23(19(26)21-20)11-17(24)22(2)10-13-5-8-29-12-13/h3-5,8-9,12H,6-7,10-11H2,1-2H3,(H,21,26)/t20-/m0/s1. The van der Waals surface area contributed by atoms with Crippen LogP contribution in [0.1, 0.15) is 18.1 Å². The maximum atomic E-state index is 13.1. The maximum absolute atomic E-state index is 13.1. The molecular formula is C20H21N3O5S. The summed E-state index contributed by atoms with van der Waals surface area (Å²) in [5.74, 6) is 0.340. The highest BCUT2D eigenvalue weighted by Gasteiger charge is 2.50. The zero-order chi connectivity index (χ0) is 20.6. The number of imide groups is 1. The van der Waals surface area contributed by atoms with Gasteiger partial charge in [0.25, 0.3) is 5.91 Å². The first kappa shape index (κ1) is 19.3. The Morgan fingerprint density at radius 1 is 1.24 bits per heavy atom. The Morgan fingerprint density at radius 2 is 2.00 bits per heavy atom. The Labute approximate surface area is 172 Å². The van der Waals surface area contributed by atoms with E-state index in [2.05, 4.69) is 5.32 Å². The Hall–Kier alpha value is -3.07. The fraction of sp³-hybridized carbons (Fsp3) is 0.350. The number of nitrogens with one attached hydrogen (secondary N) is 1. The first-order valence-corrected chi connectivity index (χ1v) is 10.1. The van der Waals surface area contributed by atoms with Crippen LogP contribution in [0.5, 0.6) is 11.5 Å². The minimum Gasteiger partial charge on any atom is -0.486 e. The summed E-state index contributed by atoms with van der Waals surface area (Å²) in [5.41, 5.74) is 0.296. The van der Waals surface area contributed by atoms with Crippen molar-refractivity contribution in [2.75, 3.05) is 26.8 Å². The number of rotatable bonds is 5. The minimum atomic E-state index is -1.28. The van der Waals surface area contributed by atoms with Crippen LogP contribution in [0.15, 0.2) is 35.0 Å². The average Bonchev–Trinajstić information content (AvgIpc) is 3.30. The summed E-state index contributed by atoms with van der Waals surface area (Å²) >= 11 is 1.55. The lowest BCUT2D eigenvalue weighted by Crippen LogP contribution is -2.43. The van der Waals surface area contributed by atoms with Gasteiger partial charge in [-0.05, 0) is 47.0 Å². The van der Waals surface area contributed by atoms with E-state index in [4.69, 9.17) is 9.47 Å². The Kier molecular flexibility index (Phi) is 4.91. The van der Waals surface area contributed by atoms with E-state index >= 15 is 0 Å². The molecule has 1 aromatic carbocycles. The summed E-state index contributed by atoms with van der Waals surface area (Å²) in [6.45, 7) is 2.62. The molecule has 1 fully saturated rings. The second-order valence-electron chi connectivity index (χ2n) is 7.19. The van der Waals surface area contributed by atoms with Gasteiger partial charge in [0.15, 0.2) is 11.5 Å². The quantitative estimate of drug-likeness (QED) is 0.754. The molecule has 0 unspecified atom stereocenters. The molecule has 2 aliphatic rings. The van der Waals surface area contributed by atoms with Crippen molar-refractivity contribution in [3.05, 3.63) is 46.2 Å². The van der Waals surface area contributed by atoms with Crippen LogP contribution < -0.4 is 14.8 Å². The number of hydrogen-bond donors (Lipinski definition) is 1. The number of likely N-dealkylation sites (N-methyl/N-ethyl adjacent to an activating group) is 1. The lowest BCUT2D eigenvalue weighted by Gasteiger charge is -2.25. The molecule has 2 aliphatic heterocycles. The molecule has 1 atom stereocenters. The van der Waals surface area contributed by atoms with Crippen molar-refractivity contribution in [3.63, 3.8) is 0 Å². The van der Waals surface area contributed by atoms with Gasteiger partial charge in [-0.25, -0.2) is 4.79 Å². The average molecular weight is 415 g/mol. The van der Waals surface area contributed by atoms with Crippen molar-refractivity contribution in [2.24, 2.45) is 0 Å². The summed E-state index contributed by atoms with van der Waals surface area (Å²) in [4.78, 5) is 40.6. The summed E-state index contributed by atoms with van der Waals surface area (Å²) in [5, 5.41) is 6.60. The van der Waals surface area contributed by atoms with E-state index in [0.29, 0.717) is 36.8 Å². The van der Waals surface area contributed by atoms with E-state index in [1.807, 2.05) is 16.8 Å². The van der Waals surface area contributed by atoms with Crippen LogP contribution in [0.25, 0.3) is 0 Å². The minimum absolute atomic E-state index is 0.314. The third kappa shape index (κ3) is 3.53. The predicted octanol–water partition coefficient (Wildman–Crippen LogP) is 1.94. The molecular weight excluding hydrogens is 394 g/mol. The van der Waals surface area contributed by atoms with Crippen molar-refractivity contribution in [3.8, 4) is 11.5 Å². The number of amides is 4. The zero-order valence-electron chi connectivity index (χ0n) is 16.1. The van der Waals surface area contributed by atoms with E-state index in [0.717, 1.165) is 10.5 Å². The summed E-state index contributed by atoms with van der Waals surface area (Å²) < 4.78 is 11.1. The molecule has 1 saturated heterocycles. The van der Waals surface area contributed by atoms with Crippen molar-refractivity contribution < 1.29 is 23.9 Å². The van der Waals surface area contributed by atoms with Gasteiger partial charge in [-0.1, -0.05) is 6.07 Å². The van der Waals surface area contributed by atoms with E-state index in [1.165, 1.54) is 4.90 Å². The summed E-state index contributed by atoms with van der Waals surface area (Å²) in [7, 11) is 1.65. The number of thiophene rings is 1. The second kappa shape index (κ2) is 7.40. The molecule has 0 aliphatic carbocycles. The number of ether oxygens (including phenoxy) is 2. The molecule has 29 heavy (non-hydrogen) atoms. The molecule has 3 heterocycles. The van der Waals surface area contributed by atoms with Crippen molar-refractivity contribution in [1.29, 1.82) is 0 Å². The van der Waals surface area contributed by atoms with Gasteiger partial charge < -0.3 is 19.7 Å². The van der Waals surface area contributed by atoms with Crippen molar-refractivity contribution in [2.45, 2.75) is 19.0 Å². The lowest BCUT2D eigenvalue weighted by molar-refractivity contribution is -0.138. The smallest absolute Gasteiger partial charge is 0.325 e. The second-order valence-corrected chi connectivity index (χ2v) is 7.97. The highest BCUT2D eigenvalue weighted by molar-refractivity contribution is 7.07. The van der Waals surface area contributed by atoms with Crippen LogP contribution in [-0.2, 0) is 21.7 Å². The fourth-order valence-corrected chi connectivity index (χ4v) is 4.05. The predicted molar refractivity (Wildman–Crippen MR) is 106 cm³/mol. The van der Waals surface area contributed by atoms with Crippen LogP contribution >= 0.6 is 11.3 Å². The highest BCUT2D eigenvalue weighted by atomic mass is 32.1. The van der Waals surface area contributed by atoms with Crippen LogP contribution in [-0.4, -0.2) is 54.5 Å². The first-order chi connectivity index (χ1) is 13.9. The Morgan fingerprint density at radius 3 is 2.72 bits per heavy atom. The Bertz CT molecular complexity index is 961.